The number of hydrogen-bond donors (Lipinski definition) is 1. The molecule has 0 saturated carbocycles. The Balaban J connectivity index is 1.92. The van der Waals surface area contributed by atoms with Crippen molar-refractivity contribution in [2.45, 2.75) is 19.4 Å². The number of anilines is 1. The van der Waals surface area contributed by atoms with E-state index in [0.717, 1.165) is 0 Å². The molecule has 0 aliphatic carbocycles. The minimum Gasteiger partial charge on any atom is -0.452 e. The molecule has 1 aliphatic rings. The highest BCUT2D eigenvalue weighted by atomic mass is 32.2. The molecule has 7 nitrogen and oxygen atoms in total. The number of nitrogens with zero attached hydrogens (tertiary/aromatic N) is 1. The number of esters is 1. The molecule has 1 heterocycles. The molecule has 1 atom stereocenters. The van der Waals surface area contributed by atoms with Crippen LogP contribution in [0.3, 0.4) is 0 Å². The first-order chi connectivity index (χ1) is 10.8. The zero-order chi connectivity index (χ0) is 17.0. The third-order valence-corrected chi connectivity index (χ3v) is 5.53. The van der Waals surface area contributed by atoms with Crippen molar-refractivity contribution in [3.63, 3.8) is 0 Å². The van der Waals surface area contributed by atoms with Crippen LogP contribution in [0, 0.1) is 0 Å². The van der Waals surface area contributed by atoms with Crippen LogP contribution >= 0.6 is 0 Å². The summed E-state index contributed by atoms with van der Waals surface area (Å²) in [5.74, 6) is -0.947. The van der Waals surface area contributed by atoms with E-state index in [1.165, 1.54) is 17.0 Å². The third-order valence-electron chi connectivity index (χ3n) is 3.78. The number of likely N-dealkylation sites (N-methyl/N-ethyl adjacent to an activating group) is 1. The summed E-state index contributed by atoms with van der Waals surface area (Å²) < 4.78 is 28.1. The number of amides is 1. The van der Waals surface area contributed by atoms with Gasteiger partial charge in [-0.3, -0.25) is 4.79 Å². The molecule has 1 saturated heterocycles. The molecule has 8 heteroatoms. The first-order valence-corrected chi connectivity index (χ1v) is 9.17. The van der Waals surface area contributed by atoms with E-state index in [0.29, 0.717) is 24.2 Å². The van der Waals surface area contributed by atoms with E-state index >= 15 is 0 Å². The molecule has 0 bridgehead atoms. The predicted octanol–water partition coefficient (Wildman–Crippen LogP) is 0.461. The Morgan fingerprint density at radius 3 is 2.48 bits per heavy atom. The number of ether oxygens (including phenoxy) is 1. The average molecular weight is 340 g/mol. The lowest BCUT2D eigenvalue weighted by Crippen LogP contribution is -2.43. The van der Waals surface area contributed by atoms with Crippen molar-refractivity contribution < 1.29 is 22.7 Å². The van der Waals surface area contributed by atoms with Crippen LogP contribution in [0.2, 0.25) is 0 Å². The maximum absolute atomic E-state index is 12.2. The van der Waals surface area contributed by atoms with Gasteiger partial charge in [-0.2, -0.15) is 0 Å². The quantitative estimate of drug-likeness (QED) is 0.616. The fraction of sp³-hybridized carbons (Fsp3) is 0.467. The van der Waals surface area contributed by atoms with Crippen LogP contribution in [-0.2, 0) is 19.4 Å². The number of carbonyl (C=O) groups is 2. The standard InChI is InChI=1S/C15H20N2O5S/c1-2-17(13-7-8-23(20,21)10-13)14(18)9-22-15(19)11-3-5-12(16)6-4-11/h3-6,13H,2,7-10,16H2,1H3/t13-/m0/s1. The highest BCUT2D eigenvalue weighted by molar-refractivity contribution is 7.91. The van der Waals surface area contributed by atoms with Gasteiger partial charge in [0.15, 0.2) is 16.4 Å². The fourth-order valence-electron chi connectivity index (χ4n) is 2.57. The van der Waals surface area contributed by atoms with Crippen molar-refractivity contribution in [2.24, 2.45) is 0 Å². The van der Waals surface area contributed by atoms with E-state index in [9.17, 15) is 18.0 Å². The lowest BCUT2D eigenvalue weighted by atomic mass is 10.2. The molecule has 0 unspecified atom stereocenters. The molecule has 0 spiro atoms. The summed E-state index contributed by atoms with van der Waals surface area (Å²) in [5.41, 5.74) is 6.37. The van der Waals surface area contributed by atoms with Crippen molar-refractivity contribution in [2.75, 3.05) is 30.4 Å². The van der Waals surface area contributed by atoms with E-state index < -0.39 is 28.3 Å². The van der Waals surface area contributed by atoms with Gasteiger partial charge in [0.25, 0.3) is 5.91 Å². The number of nitrogen functional groups attached to an aromatic ring is 1. The normalized spacial score (nSPS) is 19.3. The number of nitrogens with two attached hydrogens (primary N) is 1. The van der Waals surface area contributed by atoms with Crippen molar-refractivity contribution >= 4 is 27.4 Å². The second-order valence-corrected chi connectivity index (χ2v) is 7.66. The van der Waals surface area contributed by atoms with E-state index in [1.54, 1.807) is 19.1 Å². The Morgan fingerprint density at radius 1 is 1.30 bits per heavy atom. The number of hydrogen-bond acceptors (Lipinski definition) is 6. The molecule has 23 heavy (non-hydrogen) atoms. The average Bonchev–Trinajstić information content (AvgIpc) is 2.86. The maximum Gasteiger partial charge on any atom is 0.338 e. The van der Waals surface area contributed by atoms with Gasteiger partial charge in [0.2, 0.25) is 0 Å². The monoisotopic (exact) mass is 340 g/mol. The molecule has 1 aromatic rings. The van der Waals surface area contributed by atoms with E-state index in [4.69, 9.17) is 10.5 Å². The van der Waals surface area contributed by atoms with Crippen LogP contribution < -0.4 is 5.73 Å². The van der Waals surface area contributed by atoms with Gasteiger partial charge < -0.3 is 15.4 Å². The zero-order valence-electron chi connectivity index (χ0n) is 12.9. The Kier molecular flexibility index (Phi) is 5.25. The van der Waals surface area contributed by atoms with Crippen LogP contribution in [-0.4, -0.2) is 55.9 Å². The highest BCUT2D eigenvalue weighted by Gasteiger charge is 2.34. The molecule has 0 aromatic heterocycles. The molecule has 1 aromatic carbocycles. The Bertz CT molecular complexity index is 684. The second-order valence-electron chi connectivity index (χ2n) is 5.43. The van der Waals surface area contributed by atoms with Gasteiger partial charge in [0, 0.05) is 18.3 Å². The van der Waals surface area contributed by atoms with Crippen LogP contribution in [0.5, 0.6) is 0 Å². The molecule has 2 rings (SSSR count). The molecule has 2 N–H and O–H groups in total. The molecule has 1 amide bonds. The molecule has 126 valence electrons. The number of sulfone groups is 1. The SMILES string of the molecule is CCN(C(=O)COC(=O)c1ccc(N)cc1)[C@H]1CCS(=O)(=O)C1. The van der Waals surface area contributed by atoms with Crippen molar-refractivity contribution in [1.29, 1.82) is 0 Å². The first kappa shape index (κ1) is 17.3. The van der Waals surface area contributed by atoms with Gasteiger partial charge >= 0.3 is 5.97 Å². The predicted molar refractivity (Wildman–Crippen MR) is 85.6 cm³/mol. The Morgan fingerprint density at radius 2 is 1.96 bits per heavy atom. The fourth-order valence-corrected chi connectivity index (χ4v) is 4.30. The van der Waals surface area contributed by atoms with Crippen LogP contribution in [0.15, 0.2) is 24.3 Å². The highest BCUT2D eigenvalue weighted by Crippen LogP contribution is 2.18. The summed E-state index contributed by atoms with van der Waals surface area (Å²) >= 11 is 0. The van der Waals surface area contributed by atoms with Gasteiger partial charge in [0.05, 0.1) is 17.1 Å². The topological polar surface area (TPSA) is 107 Å². The van der Waals surface area contributed by atoms with Gasteiger partial charge in [-0.15, -0.1) is 0 Å². The van der Waals surface area contributed by atoms with Crippen LogP contribution in [0.1, 0.15) is 23.7 Å². The van der Waals surface area contributed by atoms with Crippen molar-refractivity contribution in [1.82, 2.24) is 4.90 Å². The van der Waals surface area contributed by atoms with Gasteiger partial charge in [0.1, 0.15) is 0 Å². The summed E-state index contributed by atoms with van der Waals surface area (Å²) in [5, 5.41) is 0. The summed E-state index contributed by atoms with van der Waals surface area (Å²) in [6.45, 7) is 1.73. The minimum atomic E-state index is -3.08. The van der Waals surface area contributed by atoms with E-state index in [-0.39, 0.29) is 17.5 Å². The summed E-state index contributed by atoms with van der Waals surface area (Å²) in [7, 11) is -3.08. The number of rotatable bonds is 5. The summed E-state index contributed by atoms with van der Waals surface area (Å²) in [4.78, 5) is 25.5. The molecule has 0 radical (unpaired) electrons. The van der Waals surface area contributed by atoms with Crippen LogP contribution in [0.4, 0.5) is 5.69 Å². The first-order valence-electron chi connectivity index (χ1n) is 7.35. The van der Waals surface area contributed by atoms with Gasteiger partial charge in [-0.25, -0.2) is 13.2 Å². The zero-order valence-corrected chi connectivity index (χ0v) is 13.7. The van der Waals surface area contributed by atoms with Gasteiger partial charge in [-0.05, 0) is 37.6 Å². The Hall–Kier alpha value is -2.09. The number of benzene rings is 1. The molecule has 1 fully saturated rings. The maximum atomic E-state index is 12.2. The largest absolute Gasteiger partial charge is 0.452 e. The lowest BCUT2D eigenvalue weighted by molar-refractivity contribution is -0.136. The summed E-state index contributed by atoms with van der Waals surface area (Å²) in [6.07, 6.45) is 0.424. The van der Waals surface area contributed by atoms with Crippen molar-refractivity contribution in [3.8, 4) is 0 Å². The van der Waals surface area contributed by atoms with Gasteiger partial charge in [-0.1, -0.05) is 0 Å². The lowest BCUT2D eigenvalue weighted by Gasteiger charge is -2.26. The van der Waals surface area contributed by atoms with E-state index in [2.05, 4.69) is 0 Å². The third kappa shape index (κ3) is 4.44. The van der Waals surface area contributed by atoms with E-state index in [1.807, 2.05) is 0 Å². The van der Waals surface area contributed by atoms with Crippen molar-refractivity contribution in [3.05, 3.63) is 29.8 Å². The second kappa shape index (κ2) is 6.99. The summed E-state index contributed by atoms with van der Waals surface area (Å²) in [6, 6.07) is 5.83. The molecular formula is C15H20N2O5S. The smallest absolute Gasteiger partial charge is 0.338 e. The van der Waals surface area contributed by atoms with Crippen LogP contribution in [0.25, 0.3) is 0 Å². The number of carbonyl (C=O) groups excluding carboxylic acids is 2. The Labute approximate surface area is 135 Å². The molecule has 1 aliphatic heterocycles. The molecular weight excluding hydrogens is 320 g/mol. The minimum absolute atomic E-state index is 0.0293.